The van der Waals surface area contributed by atoms with Crippen molar-refractivity contribution in [2.45, 2.75) is 39.2 Å². The number of hydrogen-bond donors (Lipinski definition) is 1. The molecule has 2 aromatic carbocycles. The molecule has 20 heavy (non-hydrogen) atoms. The molecule has 0 bridgehead atoms. The van der Waals surface area contributed by atoms with Crippen LogP contribution in [0.5, 0.6) is 0 Å². The van der Waals surface area contributed by atoms with E-state index in [2.05, 4.69) is 74.6 Å². The van der Waals surface area contributed by atoms with Crippen LogP contribution >= 0.6 is 0 Å². The van der Waals surface area contributed by atoms with Gasteiger partial charge in [0, 0.05) is 6.54 Å². The van der Waals surface area contributed by atoms with Crippen molar-refractivity contribution in [3.63, 3.8) is 0 Å². The normalized spacial score (nSPS) is 11.6. The first kappa shape index (κ1) is 14.8. The smallest absolute Gasteiger partial charge is 0.0202 e. The zero-order chi connectivity index (χ0) is 14.6. The average molecular weight is 267 g/mol. The molecule has 0 aliphatic rings. The Bertz CT molecular complexity index is 552. The molecule has 0 unspecified atom stereocenters. The molecule has 0 heterocycles. The maximum atomic E-state index is 3.20. The minimum Gasteiger partial charge on any atom is -0.316 e. The highest BCUT2D eigenvalue weighted by Gasteiger charge is 2.17. The van der Waals surface area contributed by atoms with Gasteiger partial charge >= 0.3 is 0 Å². The molecule has 0 atom stereocenters. The summed E-state index contributed by atoms with van der Waals surface area (Å²) in [5.74, 6) is 0. The number of rotatable bonds is 5. The van der Waals surface area contributed by atoms with Crippen LogP contribution in [0.1, 0.15) is 38.3 Å². The van der Waals surface area contributed by atoms with Gasteiger partial charge in [-0.25, -0.2) is 0 Å². The summed E-state index contributed by atoms with van der Waals surface area (Å²) in [5, 5.41) is 3.20. The van der Waals surface area contributed by atoms with Crippen molar-refractivity contribution >= 4 is 0 Å². The maximum Gasteiger partial charge on any atom is 0.0202 e. The highest BCUT2D eigenvalue weighted by molar-refractivity contribution is 5.64. The molecule has 0 radical (unpaired) electrons. The SMILES string of the molecule is CCC(C)(C)c1ccc(-c2cccc(CNC)c2)cc1. The van der Waals surface area contributed by atoms with Crippen LogP contribution in [0.15, 0.2) is 48.5 Å². The molecule has 0 saturated carbocycles. The largest absolute Gasteiger partial charge is 0.316 e. The molecular weight excluding hydrogens is 242 g/mol. The van der Waals surface area contributed by atoms with Gasteiger partial charge in [0.2, 0.25) is 0 Å². The first-order chi connectivity index (χ1) is 9.56. The van der Waals surface area contributed by atoms with Gasteiger partial charge in [-0.05, 0) is 47.2 Å². The summed E-state index contributed by atoms with van der Waals surface area (Å²) in [6.07, 6.45) is 1.16. The van der Waals surface area contributed by atoms with Gasteiger partial charge in [-0.15, -0.1) is 0 Å². The Morgan fingerprint density at radius 3 is 2.25 bits per heavy atom. The van der Waals surface area contributed by atoms with E-state index in [1.54, 1.807) is 0 Å². The minimum atomic E-state index is 0.256. The second-order valence-electron chi connectivity index (χ2n) is 6.05. The van der Waals surface area contributed by atoms with Crippen LogP contribution in [0.25, 0.3) is 11.1 Å². The van der Waals surface area contributed by atoms with Crippen molar-refractivity contribution in [1.29, 1.82) is 0 Å². The minimum absolute atomic E-state index is 0.256. The van der Waals surface area contributed by atoms with Gasteiger partial charge in [0.1, 0.15) is 0 Å². The first-order valence-corrected chi connectivity index (χ1v) is 7.41. The number of nitrogens with one attached hydrogen (secondary N) is 1. The van der Waals surface area contributed by atoms with Crippen LogP contribution in [0.4, 0.5) is 0 Å². The zero-order valence-corrected chi connectivity index (χ0v) is 13.0. The van der Waals surface area contributed by atoms with E-state index in [1.807, 2.05) is 7.05 Å². The summed E-state index contributed by atoms with van der Waals surface area (Å²) >= 11 is 0. The summed E-state index contributed by atoms with van der Waals surface area (Å²) in [5.41, 5.74) is 5.57. The Labute approximate surface area is 123 Å². The van der Waals surface area contributed by atoms with Crippen LogP contribution in [0.3, 0.4) is 0 Å². The molecule has 1 N–H and O–H groups in total. The topological polar surface area (TPSA) is 12.0 Å². The molecule has 2 rings (SSSR count). The van der Waals surface area contributed by atoms with Gasteiger partial charge in [-0.1, -0.05) is 63.2 Å². The third kappa shape index (κ3) is 3.29. The Kier molecular flexibility index (Phi) is 4.61. The third-order valence-electron chi connectivity index (χ3n) is 4.19. The van der Waals surface area contributed by atoms with Crippen molar-refractivity contribution in [2.24, 2.45) is 0 Å². The highest BCUT2D eigenvalue weighted by atomic mass is 14.8. The fraction of sp³-hybridized carbons (Fsp3) is 0.368. The quantitative estimate of drug-likeness (QED) is 0.823. The first-order valence-electron chi connectivity index (χ1n) is 7.41. The number of benzene rings is 2. The van der Waals surface area contributed by atoms with Gasteiger partial charge in [0.05, 0.1) is 0 Å². The Hall–Kier alpha value is -1.60. The number of hydrogen-bond acceptors (Lipinski definition) is 1. The second kappa shape index (κ2) is 6.23. The summed E-state index contributed by atoms with van der Waals surface area (Å²) in [4.78, 5) is 0. The molecule has 1 heteroatoms. The third-order valence-corrected chi connectivity index (χ3v) is 4.19. The van der Waals surface area contributed by atoms with Crippen molar-refractivity contribution in [3.05, 3.63) is 59.7 Å². The highest BCUT2D eigenvalue weighted by Crippen LogP contribution is 2.29. The van der Waals surface area contributed by atoms with Crippen molar-refractivity contribution in [3.8, 4) is 11.1 Å². The van der Waals surface area contributed by atoms with E-state index in [4.69, 9.17) is 0 Å². The van der Waals surface area contributed by atoms with Crippen LogP contribution in [0.2, 0.25) is 0 Å². The maximum absolute atomic E-state index is 3.20. The van der Waals surface area contributed by atoms with E-state index in [1.165, 1.54) is 22.3 Å². The molecule has 2 aromatic rings. The van der Waals surface area contributed by atoms with Crippen LogP contribution in [-0.2, 0) is 12.0 Å². The molecule has 106 valence electrons. The predicted octanol–water partition coefficient (Wildman–Crippen LogP) is 4.76. The molecule has 0 fully saturated rings. The van der Waals surface area contributed by atoms with Gasteiger partial charge in [0.15, 0.2) is 0 Å². The van der Waals surface area contributed by atoms with Crippen molar-refractivity contribution in [1.82, 2.24) is 5.32 Å². The van der Waals surface area contributed by atoms with E-state index < -0.39 is 0 Å². The monoisotopic (exact) mass is 267 g/mol. The molecule has 0 aliphatic heterocycles. The van der Waals surface area contributed by atoms with Crippen LogP contribution in [-0.4, -0.2) is 7.05 Å². The van der Waals surface area contributed by atoms with Crippen LogP contribution in [0, 0.1) is 0 Å². The molecule has 0 spiro atoms. The van der Waals surface area contributed by atoms with Crippen molar-refractivity contribution in [2.75, 3.05) is 7.05 Å². The second-order valence-corrected chi connectivity index (χ2v) is 6.05. The van der Waals surface area contributed by atoms with E-state index in [0.29, 0.717) is 0 Å². The van der Waals surface area contributed by atoms with Crippen molar-refractivity contribution < 1.29 is 0 Å². The summed E-state index contributed by atoms with van der Waals surface area (Å²) in [6, 6.07) is 17.7. The average Bonchev–Trinajstić information content (AvgIpc) is 2.48. The lowest BCUT2D eigenvalue weighted by Crippen LogP contribution is -2.14. The fourth-order valence-electron chi connectivity index (χ4n) is 2.38. The molecule has 0 aromatic heterocycles. The van der Waals surface area contributed by atoms with Gasteiger partial charge in [-0.3, -0.25) is 0 Å². The Morgan fingerprint density at radius 2 is 1.65 bits per heavy atom. The zero-order valence-electron chi connectivity index (χ0n) is 13.0. The van der Waals surface area contributed by atoms with Gasteiger partial charge in [0.25, 0.3) is 0 Å². The lowest BCUT2D eigenvalue weighted by molar-refractivity contribution is 0.506. The van der Waals surface area contributed by atoms with Crippen LogP contribution < -0.4 is 5.32 Å². The molecule has 0 amide bonds. The van der Waals surface area contributed by atoms with Gasteiger partial charge in [-0.2, -0.15) is 0 Å². The predicted molar refractivity (Wildman–Crippen MR) is 88.0 cm³/mol. The summed E-state index contributed by atoms with van der Waals surface area (Å²) < 4.78 is 0. The Balaban J connectivity index is 2.28. The van der Waals surface area contributed by atoms with E-state index in [9.17, 15) is 0 Å². The lowest BCUT2D eigenvalue weighted by atomic mass is 9.82. The molecular formula is C19H25N. The standard InChI is InChI=1S/C19H25N/c1-5-19(2,3)18-11-9-16(10-12-18)17-8-6-7-15(13-17)14-20-4/h6-13,20H,5,14H2,1-4H3. The summed E-state index contributed by atoms with van der Waals surface area (Å²) in [7, 11) is 1.98. The molecule has 1 nitrogen and oxygen atoms in total. The lowest BCUT2D eigenvalue weighted by Gasteiger charge is -2.23. The van der Waals surface area contributed by atoms with E-state index >= 15 is 0 Å². The van der Waals surface area contributed by atoms with E-state index in [-0.39, 0.29) is 5.41 Å². The summed E-state index contributed by atoms with van der Waals surface area (Å²) in [6.45, 7) is 7.76. The molecule has 0 saturated heterocycles. The van der Waals surface area contributed by atoms with E-state index in [0.717, 1.165) is 13.0 Å². The molecule has 0 aliphatic carbocycles. The fourth-order valence-corrected chi connectivity index (χ4v) is 2.38. The Morgan fingerprint density at radius 1 is 0.950 bits per heavy atom. The van der Waals surface area contributed by atoms with Gasteiger partial charge < -0.3 is 5.32 Å².